The summed E-state index contributed by atoms with van der Waals surface area (Å²) < 4.78 is 6.46. The van der Waals surface area contributed by atoms with Crippen molar-refractivity contribution in [2.24, 2.45) is 0 Å². The Bertz CT molecular complexity index is 660. The number of amides is 1. The lowest BCUT2D eigenvalue weighted by Crippen LogP contribution is -2.50. The van der Waals surface area contributed by atoms with Crippen LogP contribution in [-0.4, -0.2) is 20.2 Å². The number of methoxy groups -OCH3 is 1. The maximum Gasteiger partial charge on any atom is 0.502 e. The summed E-state index contributed by atoms with van der Waals surface area (Å²) >= 11 is 0. The van der Waals surface area contributed by atoms with Crippen LogP contribution >= 0.6 is 0 Å². The molecule has 0 aliphatic rings. The molecule has 0 saturated heterocycles. The van der Waals surface area contributed by atoms with Crippen molar-refractivity contribution in [3.63, 3.8) is 0 Å². The van der Waals surface area contributed by atoms with Gasteiger partial charge in [-0.05, 0) is 36.4 Å². The molecule has 5 heteroatoms. The molecular weight excluding hydrogens is 254 g/mol. The molecule has 0 N–H and O–H groups in total. The first kappa shape index (κ1) is 13.6. The van der Waals surface area contributed by atoms with Crippen molar-refractivity contribution in [1.82, 2.24) is 0 Å². The highest BCUT2D eigenvalue weighted by Gasteiger charge is 2.22. The van der Waals surface area contributed by atoms with E-state index in [9.17, 15) is 4.79 Å². The van der Waals surface area contributed by atoms with Crippen LogP contribution in [0, 0.1) is 11.3 Å². The highest BCUT2D eigenvalue weighted by atomic mass is 16.5. The summed E-state index contributed by atoms with van der Waals surface area (Å²) in [7, 11) is 3.27. The molecule has 0 spiro atoms. The second kappa shape index (κ2) is 5.85. The van der Waals surface area contributed by atoms with Crippen LogP contribution in [0.25, 0.3) is 0 Å². The van der Waals surface area contributed by atoms with E-state index in [2.05, 4.69) is 0 Å². The van der Waals surface area contributed by atoms with E-state index in [1.165, 1.54) is 15.7 Å². The van der Waals surface area contributed by atoms with Crippen LogP contribution < -0.4 is 14.2 Å². The number of benzene rings is 1. The summed E-state index contributed by atoms with van der Waals surface area (Å²) in [4.78, 5) is 13.8. The number of ether oxygens (including phenoxy) is 1. The van der Waals surface area contributed by atoms with E-state index >= 15 is 0 Å². The average molecular weight is 268 g/mol. The highest BCUT2D eigenvalue weighted by molar-refractivity contribution is 5.84. The van der Waals surface area contributed by atoms with Gasteiger partial charge in [0.2, 0.25) is 0 Å². The molecule has 0 aliphatic heterocycles. The van der Waals surface area contributed by atoms with Gasteiger partial charge in [0.25, 0.3) is 0 Å². The first-order chi connectivity index (χ1) is 9.65. The van der Waals surface area contributed by atoms with Crippen LogP contribution in [0.3, 0.4) is 0 Å². The molecule has 2 aromatic rings. The number of hydrogen-bond donors (Lipinski definition) is 0. The Morgan fingerprint density at radius 3 is 2.60 bits per heavy atom. The predicted molar refractivity (Wildman–Crippen MR) is 73.5 cm³/mol. The van der Waals surface area contributed by atoms with Crippen LogP contribution in [-0.2, 0) is 0 Å². The predicted octanol–water partition coefficient (Wildman–Crippen LogP) is 1.96. The summed E-state index contributed by atoms with van der Waals surface area (Å²) in [5.41, 5.74) is 1.18. The first-order valence-corrected chi connectivity index (χ1v) is 5.99. The molecule has 100 valence electrons. The van der Waals surface area contributed by atoms with Gasteiger partial charge in [-0.25, -0.2) is 0 Å². The van der Waals surface area contributed by atoms with Crippen molar-refractivity contribution < 1.29 is 14.1 Å². The Balaban J connectivity index is 2.25. The SMILES string of the molecule is COc1ccc(N(C)C(=O)[n+]2cccc(C#N)c2)cc1. The van der Waals surface area contributed by atoms with Gasteiger partial charge in [0.1, 0.15) is 23.7 Å². The van der Waals surface area contributed by atoms with Crippen molar-refractivity contribution in [2.75, 3.05) is 19.1 Å². The smallest absolute Gasteiger partial charge is 0.497 e. The van der Waals surface area contributed by atoms with Gasteiger partial charge in [-0.15, -0.1) is 0 Å². The maximum absolute atomic E-state index is 12.3. The number of anilines is 1. The molecule has 0 saturated carbocycles. The summed E-state index contributed by atoms with van der Waals surface area (Å²) in [6, 6.07) is 12.2. The fourth-order valence-electron chi connectivity index (χ4n) is 1.75. The Kier molecular flexibility index (Phi) is 3.96. The van der Waals surface area contributed by atoms with Crippen LogP contribution in [0.5, 0.6) is 5.75 Å². The molecule has 1 amide bonds. The fourth-order valence-corrected chi connectivity index (χ4v) is 1.75. The van der Waals surface area contributed by atoms with E-state index in [4.69, 9.17) is 10.00 Å². The average Bonchev–Trinajstić information content (AvgIpc) is 2.53. The van der Waals surface area contributed by atoms with Crippen molar-refractivity contribution in [3.8, 4) is 11.8 Å². The third kappa shape index (κ3) is 2.75. The zero-order valence-corrected chi connectivity index (χ0v) is 11.3. The Hall–Kier alpha value is -2.87. The van der Waals surface area contributed by atoms with Gasteiger partial charge in [0.15, 0.2) is 0 Å². The van der Waals surface area contributed by atoms with E-state index in [1.54, 1.807) is 56.8 Å². The number of aromatic nitrogens is 1. The minimum atomic E-state index is -0.243. The third-order valence-electron chi connectivity index (χ3n) is 2.90. The van der Waals surface area contributed by atoms with Gasteiger partial charge in [-0.3, -0.25) is 0 Å². The van der Waals surface area contributed by atoms with Crippen molar-refractivity contribution in [1.29, 1.82) is 5.26 Å². The van der Waals surface area contributed by atoms with Gasteiger partial charge in [0.05, 0.1) is 25.9 Å². The summed E-state index contributed by atoms with van der Waals surface area (Å²) in [6.07, 6.45) is 3.12. The number of nitrogens with zero attached hydrogens (tertiary/aromatic N) is 3. The summed E-state index contributed by atoms with van der Waals surface area (Å²) in [6.45, 7) is 0. The summed E-state index contributed by atoms with van der Waals surface area (Å²) in [5.74, 6) is 0.730. The largest absolute Gasteiger partial charge is 0.502 e. The number of pyridine rings is 1. The first-order valence-electron chi connectivity index (χ1n) is 5.99. The molecule has 0 unspecified atom stereocenters. The number of carbonyl (C=O) groups excluding carboxylic acids is 1. The summed E-state index contributed by atoms with van der Waals surface area (Å²) in [5, 5.41) is 8.86. The molecule has 20 heavy (non-hydrogen) atoms. The standard InChI is InChI=1S/C15H14N3O2/c1-17(13-5-7-14(20-2)8-6-13)15(19)18-9-3-4-12(10-16)11-18/h3-9,11H,1-2H3/q+1. The van der Waals surface area contributed by atoms with E-state index in [-0.39, 0.29) is 6.03 Å². The second-order valence-corrected chi connectivity index (χ2v) is 4.15. The van der Waals surface area contributed by atoms with E-state index in [0.717, 1.165) is 11.4 Å². The van der Waals surface area contributed by atoms with Crippen LogP contribution in [0.15, 0.2) is 48.8 Å². The molecule has 0 atom stereocenters. The molecule has 1 heterocycles. The van der Waals surface area contributed by atoms with Crippen LogP contribution in [0.2, 0.25) is 0 Å². The number of carbonyl (C=O) groups is 1. The molecule has 0 bridgehead atoms. The van der Waals surface area contributed by atoms with Crippen LogP contribution in [0.1, 0.15) is 5.56 Å². The number of nitriles is 1. The minimum absolute atomic E-state index is 0.243. The molecular formula is C15H14N3O2+. The van der Waals surface area contributed by atoms with Gasteiger partial charge < -0.3 is 4.74 Å². The zero-order chi connectivity index (χ0) is 14.5. The Morgan fingerprint density at radius 1 is 1.30 bits per heavy atom. The monoisotopic (exact) mass is 268 g/mol. The Labute approximate surface area is 117 Å². The van der Waals surface area contributed by atoms with Crippen LogP contribution in [0.4, 0.5) is 10.5 Å². The topological polar surface area (TPSA) is 57.2 Å². The lowest BCUT2D eigenvalue weighted by atomic mass is 10.3. The lowest BCUT2D eigenvalue weighted by Gasteiger charge is -2.10. The zero-order valence-electron chi connectivity index (χ0n) is 11.3. The second-order valence-electron chi connectivity index (χ2n) is 4.15. The van der Waals surface area contributed by atoms with Crippen molar-refractivity contribution in [3.05, 3.63) is 54.4 Å². The molecule has 0 fully saturated rings. The van der Waals surface area contributed by atoms with Gasteiger partial charge >= 0.3 is 6.03 Å². The van der Waals surface area contributed by atoms with E-state index in [1.807, 2.05) is 6.07 Å². The molecule has 1 aromatic heterocycles. The van der Waals surface area contributed by atoms with Crippen molar-refractivity contribution >= 4 is 11.7 Å². The van der Waals surface area contributed by atoms with E-state index < -0.39 is 0 Å². The fraction of sp³-hybridized carbons (Fsp3) is 0.133. The minimum Gasteiger partial charge on any atom is -0.497 e. The highest BCUT2D eigenvalue weighted by Crippen LogP contribution is 2.17. The Morgan fingerprint density at radius 2 is 2.00 bits per heavy atom. The third-order valence-corrected chi connectivity index (χ3v) is 2.90. The number of hydrogen-bond acceptors (Lipinski definition) is 3. The number of rotatable bonds is 2. The molecule has 1 aromatic carbocycles. The quantitative estimate of drug-likeness (QED) is 0.782. The molecule has 5 nitrogen and oxygen atoms in total. The lowest BCUT2D eigenvalue weighted by molar-refractivity contribution is -0.569. The van der Waals surface area contributed by atoms with Crippen molar-refractivity contribution in [2.45, 2.75) is 0 Å². The van der Waals surface area contributed by atoms with Gasteiger partial charge in [0, 0.05) is 0 Å². The van der Waals surface area contributed by atoms with Gasteiger partial charge in [-0.1, -0.05) is 0 Å². The molecule has 0 aliphatic carbocycles. The van der Waals surface area contributed by atoms with Gasteiger partial charge in [-0.2, -0.15) is 19.5 Å². The molecule has 0 radical (unpaired) electrons. The molecule has 2 rings (SSSR count). The maximum atomic E-state index is 12.3. The normalized spacial score (nSPS) is 9.65. The van der Waals surface area contributed by atoms with E-state index in [0.29, 0.717) is 5.56 Å².